The van der Waals surface area contributed by atoms with Gasteiger partial charge in [0.1, 0.15) is 11.3 Å². The molecule has 0 aliphatic rings. The normalized spacial score (nSPS) is 11.0. The van der Waals surface area contributed by atoms with Gasteiger partial charge in [-0.2, -0.15) is 0 Å². The number of aromatic nitrogens is 2. The van der Waals surface area contributed by atoms with Crippen LogP contribution in [-0.2, 0) is 0 Å². The van der Waals surface area contributed by atoms with Crippen molar-refractivity contribution in [2.75, 3.05) is 11.9 Å². The van der Waals surface area contributed by atoms with E-state index < -0.39 is 0 Å². The Labute approximate surface area is 132 Å². The lowest BCUT2D eigenvalue weighted by atomic mass is 10.2. The Bertz CT molecular complexity index is 990. The van der Waals surface area contributed by atoms with Gasteiger partial charge in [-0.3, -0.25) is 14.7 Å². The molecule has 0 radical (unpaired) electrons. The molecule has 4 aromatic rings. The van der Waals surface area contributed by atoms with Gasteiger partial charge in [-0.25, -0.2) is 4.98 Å². The number of anilines is 1. The summed E-state index contributed by atoms with van der Waals surface area (Å²) in [4.78, 5) is 22.7. The molecule has 5 nitrogen and oxygen atoms in total. The van der Waals surface area contributed by atoms with E-state index in [1.165, 1.54) is 11.1 Å². The topological polar surface area (TPSA) is 59.2 Å². The van der Waals surface area contributed by atoms with Crippen molar-refractivity contribution >= 4 is 33.8 Å². The average Bonchev–Trinajstić information content (AvgIpc) is 3.04. The van der Waals surface area contributed by atoms with Crippen LogP contribution in [0.4, 0.5) is 5.88 Å². The van der Waals surface area contributed by atoms with E-state index in [-0.39, 0.29) is 11.6 Å². The van der Waals surface area contributed by atoms with Crippen molar-refractivity contribution in [1.82, 2.24) is 9.97 Å². The van der Waals surface area contributed by atoms with Crippen molar-refractivity contribution in [2.45, 2.75) is 0 Å². The lowest BCUT2D eigenvalue weighted by Gasteiger charge is -2.13. The fourth-order valence-electron chi connectivity index (χ4n) is 2.47. The highest BCUT2D eigenvalue weighted by Crippen LogP contribution is 2.26. The molecule has 23 heavy (non-hydrogen) atoms. The van der Waals surface area contributed by atoms with Gasteiger partial charge in [0.25, 0.3) is 5.91 Å². The maximum absolute atomic E-state index is 12.6. The van der Waals surface area contributed by atoms with Crippen LogP contribution in [-0.4, -0.2) is 22.9 Å². The highest BCUT2D eigenvalue weighted by Gasteiger charge is 2.19. The van der Waals surface area contributed by atoms with Gasteiger partial charge in [0.05, 0.1) is 17.2 Å². The molecular formula is C18H13N3O2. The van der Waals surface area contributed by atoms with Crippen molar-refractivity contribution in [2.24, 2.45) is 0 Å². The molecule has 112 valence electrons. The summed E-state index contributed by atoms with van der Waals surface area (Å²) in [6.45, 7) is 0. The SMILES string of the molecule is CN(C(=O)c1cnc2ccccc2n1)c1cc2ccccc2o1. The Morgan fingerprint density at radius 3 is 2.61 bits per heavy atom. The smallest absolute Gasteiger partial charge is 0.280 e. The predicted octanol–water partition coefficient (Wildman–Crippen LogP) is 3.65. The number of amides is 1. The molecule has 1 amide bonds. The summed E-state index contributed by atoms with van der Waals surface area (Å²) in [6, 6.07) is 16.9. The summed E-state index contributed by atoms with van der Waals surface area (Å²) in [5.41, 5.74) is 2.48. The maximum Gasteiger partial charge on any atom is 0.280 e. The monoisotopic (exact) mass is 303 g/mol. The number of nitrogens with zero attached hydrogens (tertiary/aromatic N) is 3. The van der Waals surface area contributed by atoms with Crippen LogP contribution in [0.25, 0.3) is 22.0 Å². The average molecular weight is 303 g/mol. The van der Waals surface area contributed by atoms with Gasteiger partial charge in [0.15, 0.2) is 0 Å². The van der Waals surface area contributed by atoms with Gasteiger partial charge in [-0.05, 0) is 18.2 Å². The first-order valence-electron chi connectivity index (χ1n) is 7.21. The number of carbonyl (C=O) groups excluding carboxylic acids is 1. The van der Waals surface area contributed by atoms with Crippen molar-refractivity contribution in [3.05, 3.63) is 66.5 Å². The van der Waals surface area contributed by atoms with Gasteiger partial charge < -0.3 is 4.42 Å². The lowest BCUT2D eigenvalue weighted by Crippen LogP contribution is -2.26. The Morgan fingerprint density at radius 2 is 1.78 bits per heavy atom. The number of hydrogen-bond donors (Lipinski definition) is 0. The standard InChI is InChI=1S/C18H13N3O2/c1-21(17-10-12-6-2-5-9-16(12)23-17)18(22)15-11-19-13-7-3-4-8-14(13)20-15/h2-11H,1H3. The zero-order valence-corrected chi connectivity index (χ0v) is 12.4. The van der Waals surface area contributed by atoms with E-state index in [4.69, 9.17) is 4.42 Å². The molecule has 0 fully saturated rings. The van der Waals surface area contributed by atoms with E-state index in [2.05, 4.69) is 9.97 Å². The fraction of sp³-hybridized carbons (Fsp3) is 0.0556. The number of fused-ring (bicyclic) bond motifs is 2. The molecule has 4 rings (SSSR count). The van der Waals surface area contributed by atoms with Crippen molar-refractivity contribution in [3.8, 4) is 0 Å². The Morgan fingerprint density at radius 1 is 1.04 bits per heavy atom. The van der Waals surface area contributed by atoms with Crippen molar-refractivity contribution in [3.63, 3.8) is 0 Å². The highest BCUT2D eigenvalue weighted by atomic mass is 16.4. The van der Waals surface area contributed by atoms with Crippen LogP contribution >= 0.6 is 0 Å². The summed E-state index contributed by atoms with van der Waals surface area (Å²) in [6.07, 6.45) is 1.49. The van der Waals surface area contributed by atoms with Crippen molar-refractivity contribution in [1.29, 1.82) is 0 Å². The third-order valence-corrected chi connectivity index (χ3v) is 3.72. The molecule has 0 saturated heterocycles. The number of benzene rings is 2. The van der Waals surface area contributed by atoms with Crippen LogP contribution < -0.4 is 4.90 Å². The molecule has 0 atom stereocenters. The van der Waals surface area contributed by atoms with Gasteiger partial charge in [0, 0.05) is 18.5 Å². The van der Waals surface area contributed by atoms with E-state index in [1.807, 2.05) is 54.6 Å². The summed E-state index contributed by atoms with van der Waals surface area (Å²) in [7, 11) is 1.66. The molecular weight excluding hydrogens is 290 g/mol. The molecule has 0 spiro atoms. The summed E-state index contributed by atoms with van der Waals surface area (Å²) in [5, 5.41) is 0.951. The van der Waals surface area contributed by atoms with Crippen LogP contribution in [0.15, 0.2) is 65.2 Å². The molecule has 2 aromatic heterocycles. The first kappa shape index (κ1) is 13.5. The van der Waals surface area contributed by atoms with Crippen LogP contribution in [0.5, 0.6) is 0 Å². The highest BCUT2D eigenvalue weighted by molar-refractivity contribution is 6.05. The Balaban J connectivity index is 1.71. The van der Waals surface area contributed by atoms with Gasteiger partial charge in [-0.15, -0.1) is 0 Å². The van der Waals surface area contributed by atoms with Gasteiger partial charge in [-0.1, -0.05) is 30.3 Å². The summed E-state index contributed by atoms with van der Waals surface area (Å²) < 4.78 is 5.72. The number of para-hydroxylation sites is 3. The third-order valence-electron chi connectivity index (χ3n) is 3.72. The third kappa shape index (κ3) is 2.32. The van der Waals surface area contributed by atoms with E-state index >= 15 is 0 Å². The number of carbonyl (C=O) groups is 1. The molecule has 2 heterocycles. The zero-order chi connectivity index (χ0) is 15.8. The number of rotatable bonds is 2. The first-order valence-corrected chi connectivity index (χ1v) is 7.21. The van der Waals surface area contributed by atoms with E-state index in [1.54, 1.807) is 7.05 Å². The molecule has 0 bridgehead atoms. The molecule has 2 aromatic carbocycles. The minimum Gasteiger partial charge on any atom is -0.440 e. The number of hydrogen-bond acceptors (Lipinski definition) is 4. The quantitative estimate of drug-likeness (QED) is 0.567. The van der Waals surface area contributed by atoms with Crippen LogP contribution in [0.3, 0.4) is 0 Å². The summed E-state index contributed by atoms with van der Waals surface area (Å²) in [5.74, 6) is 0.216. The second-order valence-electron chi connectivity index (χ2n) is 5.23. The molecule has 0 saturated carbocycles. The summed E-state index contributed by atoms with van der Waals surface area (Å²) >= 11 is 0. The van der Waals surface area contributed by atoms with Gasteiger partial charge >= 0.3 is 0 Å². The maximum atomic E-state index is 12.6. The van der Waals surface area contributed by atoms with Crippen LogP contribution in [0.1, 0.15) is 10.5 Å². The molecule has 0 unspecified atom stereocenters. The second-order valence-corrected chi connectivity index (χ2v) is 5.23. The molecule has 0 aliphatic carbocycles. The Hall–Kier alpha value is -3.21. The lowest BCUT2D eigenvalue weighted by molar-refractivity contribution is 0.0984. The minimum atomic E-state index is -0.262. The molecule has 5 heteroatoms. The van der Waals surface area contributed by atoms with E-state index in [9.17, 15) is 4.79 Å². The largest absolute Gasteiger partial charge is 0.440 e. The fourth-order valence-corrected chi connectivity index (χ4v) is 2.47. The van der Waals surface area contributed by atoms with E-state index in [0.29, 0.717) is 11.4 Å². The van der Waals surface area contributed by atoms with Gasteiger partial charge in [0.2, 0.25) is 5.88 Å². The molecule has 0 aliphatic heterocycles. The number of furan rings is 1. The Kier molecular flexibility index (Phi) is 3.05. The van der Waals surface area contributed by atoms with Crippen LogP contribution in [0, 0.1) is 0 Å². The predicted molar refractivity (Wildman–Crippen MR) is 88.5 cm³/mol. The van der Waals surface area contributed by atoms with E-state index in [0.717, 1.165) is 16.5 Å². The minimum absolute atomic E-state index is 0.262. The van der Waals surface area contributed by atoms with Crippen LogP contribution in [0.2, 0.25) is 0 Å². The second kappa shape index (κ2) is 5.21. The molecule has 0 N–H and O–H groups in total. The zero-order valence-electron chi connectivity index (χ0n) is 12.4. The van der Waals surface area contributed by atoms with Crippen molar-refractivity contribution < 1.29 is 9.21 Å². The first-order chi connectivity index (χ1) is 11.2.